The Kier molecular flexibility index (Phi) is 4.73. The summed E-state index contributed by atoms with van der Waals surface area (Å²) >= 11 is 3.38. The van der Waals surface area contributed by atoms with Crippen molar-refractivity contribution in [2.45, 2.75) is 19.3 Å². The van der Waals surface area contributed by atoms with Crippen LogP contribution < -0.4 is 10.2 Å². The van der Waals surface area contributed by atoms with Gasteiger partial charge in [-0.05, 0) is 55.7 Å². The third-order valence-corrected chi connectivity index (χ3v) is 4.33. The first-order chi connectivity index (χ1) is 10.7. The number of amides is 1. The molecule has 3 rings (SSSR count). The molecule has 2 aromatic rings. The number of nitrogens with zero attached hydrogens (tertiary/aromatic N) is 2. The highest BCUT2D eigenvalue weighted by Crippen LogP contribution is 2.20. The van der Waals surface area contributed by atoms with Crippen LogP contribution in [-0.4, -0.2) is 24.0 Å². The van der Waals surface area contributed by atoms with E-state index in [1.54, 1.807) is 6.20 Å². The SMILES string of the molecule is O=C(Nc1ccc(Br)cc1)c1cc(N2CCCCC2)ccn1. The molecular weight excluding hydrogens is 342 g/mol. The highest BCUT2D eigenvalue weighted by molar-refractivity contribution is 9.10. The number of piperidine rings is 1. The van der Waals surface area contributed by atoms with Crippen molar-refractivity contribution in [2.75, 3.05) is 23.3 Å². The second-order valence-electron chi connectivity index (χ2n) is 5.41. The van der Waals surface area contributed by atoms with Crippen molar-refractivity contribution in [3.05, 3.63) is 52.8 Å². The number of carbonyl (C=O) groups excluding carboxylic acids is 1. The summed E-state index contributed by atoms with van der Waals surface area (Å²) in [4.78, 5) is 18.9. The van der Waals surface area contributed by atoms with Crippen molar-refractivity contribution < 1.29 is 4.79 Å². The lowest BCUT2D eigenvalue weighted by atomic mass is 10.1. The van der Waals surface area contributed by atoms with E-state index in [9.17, 15) is 4.79 Å². The zero-order valence-corrected chi connectivity index (χ0v) is 13.8. The molecule has 2 heterocycles. The van der Waals surface area contributed by atoms with Crippen LogP contribution >= 0.6 is 15.9 Å². The summed E-state index contributed by atoms with van der Waals surface area (Å²) in [5.74, 6) is -0.179. The van der Waals surface area contributed by atoms with Crippen molar-refractivity contribution in [3.63, 3.8) is 0 Å². The topological polar surface area (TPSA) is 45.2 Å². The number of hydrogen-bond acceptors (Lipinski definition) is 3. The number of benzene rings is 1. The van der Waals surface area contributed by atoms with E-state index >= 15 is 0 Å². The third kappa shape index (κ3) is 3.65. The summed E-state index contributed by atoms with van der Waals surface area (Å²) in [7, 11) is 0. The second-order valence-corrected chi connectivity index (χ2v) is 6.32. The van der Waals surface area contributed by atoms with Crippen LogP contribution in [0.3, 0.4) is 0 Å². The smallest absolute Gasteiger partial charge is 0.274 e. The highest BCUT2D eigenvalue weighted by atomic mass is 79.9. The predicted molar refractivity (Wildman–Crippen MR) is 92.4 cm³/mol. The molecule has 0 atom stereocenters. The Morgan fingerprint density at radius 3 is 2.55 bits per heavy atom. The Balaban J connectivity index is 1.73. The van der Waals surface area contributed by atoms with Gasteiger partial charge in [-0.2, -0.15) is 0 Å². The molecular formula is C17H18BrN3O. The number of nitrogens with one attached hydrogen (secondary N) is 1. The van der Waals surface area contributed by atoms with Crippen LogP contribution in [0.2, 0.25) is 0 Å². The van der Waals surface area contributed by atoms with Crippen LogP contribution in [0, 0.1) is 0 Å². The maximum Gasteiger partial charge on any atom is 0.274 e. The molecule has 4 nitrogen and oxygen atoms in total. The number of carbonyl (C=O) groups is 1. The number of hydrogen-bond donors (Lipinski definition) is 1. The van der Waals surface area contributed by atoms with Crippen molar-refractivity contribution >= 4 is 33.2 Å². The fraction of sp³-hybridized carbons (Fsp3) is 0.294. The largest absolute Gasteiger partial charge is 0.371 e. The van der Waals surface area contributed by atoms with Crippen LogP contribution in [0.4, 0.5) is 11.4 Å². The average Bonchev–Trinajstić information content (AvgIpc) is 2.58. The molecule has 1 aliphatic rings. The van der Waals surface area contributed by atoms with Gasteiger partial charge in [-0.1, -0.05) is 15.9 Å². The van der Waals surface area contributed by atoms with Crippen molar-refractivity contribution in [2.24, 2.45) is 0 Å². The van der Waals surface area contributed by atoms with Crippen molar-refractivity contribution in [1.82, 2.24) is 4.98 Å². The Morgan fingerprint density at radius 1 is 1.09 bits per heavy atom. The number of aromatic nitrogens is 1. The first kappa shape index (κ1) is 15.0. The summed E-state index contributed by atoms with van der Waals surface area (Å²) in [5.41, 5.74) is 2.29. The van der Waals surface area contributed by atoms with Crippen LogP contribution in [0.1, 0.15) is 29.8 Å². The fourth-order valence-electron chi connectivity index (χ4n) is 2.62. The van der Waals surface area contributed by atoms with E-state index in [1.165, 1.54) is 19.3 Å². The average molecular weight is 360 g/mol. The summed E-state index contributed by atoms with van der Waals surface area (Å²) in [5, 5.41) is 2.87. The first-order valence-electron chi connectivity index (χ1n) is 7.50. The molecule has 0 radical (unpaired) electrons. The van der Waals surface area contributed by atoms with E-state index in [0.717, 1.165) is 28.9 Å². The number of pyridine rings is 1. The number of rotatable bonds is 3. The number of halogens is 1. The molecule has 1 fully saturated rings. The normalized spacial score (nSPS) is 14.7. The molecule has 1 N–H and O–H groups in total. The van der Waals surface area contributed by atoms with Crippen LogP contribution in [0.15, 0.2) is 47.1 Å². The predicted octanol–water partition coefficient (Wildman–Crippen LogP) is 4.09. The molecule has 0 bridgehead atoms. The van der Waals surface area contributed by atoms with E-state index in [2.05, 4.69) is 31.1 Å². The van der Waals surface area contributed by atoms with Gasteiger partial charge in [0.15, 0.2) is 0 Å². The lowest BCUT2D eigenvalue weighted by molar-refractivity contribution is 0.102. The van der Waals surface area contributed by atoms with E-state index in [1.807, 2.05) is 36.4 Å². The molecule has 0 aliphatic carbocycles. The molecule has 1 saturated heterocycles. The van der Waals surface area contributed by atoms with Crippen molar-refractivity contribution in [1.29, 1.82) is 0 Å². The Morgan fingerprint density at radius 2 is 1.82 bits per heavy atom. The van der Waals surface area contributed by atoms with Gasteiger partial charge < -0.3 is 10.2 Å². The minimum atomic E-state index is -0.179. The summed E-state index contributed by atoms with van der Waals surface area (Å²) in [6.07, 6.45) is 5.42. The van der Waals surface area contributed by atoms with Crippen LogP contribution in [0.25, 0.3) is 0 Å². The van der Waals surface area contributed by atoms with Gasteiger partial charge in [0.25, 0.3) is 5.91 Å². The Labute approximate surface area is 138 Å². The monoisotopic (exact) mass is 359 g/mol. The summed E-state index contributed by atoms with van der Waals surface area (Å²) in [6.45, 7) is 2.11. The minimum absolute atomic E-state index is 0.179. The van der Waals surface area contributed by atoms with Gasteiger partial charge in [0.2, 0.25) is 0 Å². The molecule has 1 amide bonds. The van der Waals surface area contributed by atoms with E-state index in [4.69, 9.17) is 0 Å². The maximum absolute atomic E-state index is 12.3. The van der Waals surface area contributed by atoms with E-state index < -0.39 is 0 Å². The zero-order chi connectivity index (χ0) is 15.4. The van der Waals surface area contributed by atoms with Crippen molar-refractivity contribution in [3.8, 4) is 0 Å². The molecule has 22 heavy (non-hydrogen) atoms. The van der Waals surface area contributed by atoms with Gasteiger partial charge >= 0.3 is 0 Å². The van der Waals surface area contributed by atoms with Gasteiger partial charge in [0.05, 0.1) is 0 Å². The Hall–Kier alpha value is -1.88. The number of anilines is 2. The van der Waals surface area contributed by atoms with E-state index in [-0.39, 0.29) is 5.91 Å². The lowest BCUT2D eigenvalue weighted by Crippen LogP contribution is -2.29. The summed E-state index contributed by atoms with van der Waals surface area (Å²) < 4.78 is 0.982. The molecule has 114 valence electrons. The van der Waals surface area contributed by atoms with Gasteiger partial charge in [-0.25, -0.2) is 0 Å². The molecule has 0 unspecified atom stereocenters. The summed E-state index contributed by atoms with van der Waals surface area (Å²) in [6, 6.07) is 11.4. The lowest BCUT2D eigenvalue weighted by Gasteiger charge is -2.28. The van der Waals surface area contributed by atoms with Gasteiger partial charge in [0.1, 0.15) is 5.69 Å². The third-order valence-electron chi connectivity index (χ3n) is 3.80. The standard InChI is InChI=1S/C17H18BrN3O/c18-13-4-6-14(7-5-13)20-17(22)16-12-15(8-9-19-16)21-10-2-1-3-11-21/h4-9,12H,1-3,10-11H2,(H,20,22). The first-order valence-corrected chi connectivity index (χ1v) is 8.29. The quantitative estimate of drug-likeness (QED) is 0.897. The maximum atomic E-state index is 12.3. The second kappa shape index (κ2) is 6.92. The molecule has 0 spiro atoms. The molecule has 1 aromatic heterocycles. The fourth-order valence-corrected chi connectivity index (χ4v) is 2.89. The Bertz CT molecular complexity index is 651. The minimum Gasteiger partial charge on any atom is -0.371 e. The highest BCUT2D eigenvalue weighted by Gasteiger charge is 2.14. The molecule has 1 aromatic carbocycles. The van der Waals surface area contributed by atoms with Gasteiger partial charge in [-0.15, -0.1) is 0 Å². The molecule has 1 aliphatic heterocycles. The molecule has 5 heteroatoms. The van der Waals surface area contributed by atoms with Gasteiger partial charge in [-0.3, -0.25) is 9.78 Å². The molecule has 0 saturated carbocycles. The van der Waals surface area contributed by atoms with Crippen LogP contribution in [-0.2, 0) is 0 Å². The van der Waals surface area contributed by atoms with Crippen LogP contribution in [0.5, 0.6) is 0 Å². The van der Waals surface area contributed by atoms with E-state index in [0.29, 0.717) is 5.69 Å². The zero-order valence-electron chi connectivity index (χ0n) is 12.3. The van der Waals surface area contributed by atoms with Gasteiger partial charge in [0, 0.05) is 35.1 Å².